The first-order valence-corrected chi connectivity index (χ1v) is 6.05. The highest BCUT2D eigenvalue weighted by Crippen LogP contribution is 2.17. The van der Waals surface area contributed by atoms with E-state index in [1.807, 2.05) is 13.8 Å². The van der Waals surface area contributed by atoms with Gasteiger partial charge in [0.2, 0.25) is 0 Å². The zero-order chi connectivity index (χ0) is 12.1. The summed E-state index contributed by atoms with van der Waals surface area (Å²) < 4.78 is 10.5. The van der Waals surface area contributed by atoms with Crippen LogP contribution in [0.1, 0.15) is 33.6 Å². The van der Waals surface area contributed by atoms with Gasteiger partial charge in [0.05, 0.1) is 19.3 Å². The normalized spacial score (nSPS) is 28.8. The standard InChI is InChI=1S/C12H23NO3/c1-5-6-11(12(14)15-4)13-7-9(2)16-10(3)8-13/h9-11H,5-8H2,1-4H3/t9-,10+,11-/m0/s1. The number of morpholine rings is 1. The molecule has 0 amide bonds. The van der Waals surface area contributed by atoms with Crippen LogP contribution in [0.2, 0.25) is 0 Å². The van der Waals surface area contributed by atoms with E-state index in [0.717, 1.165) is 25.9 Å². The van der Waals surface area contributed by atoms with Crippen LogP contribution in [0.3, 0.4) is 0 Å². The molecule has 4 nitrogen and oxygen atoms in total. The number of esters is 1. The van der Waals surface area contributed by atoms with Crippen molar-refractivity contribution in [2.24, 2.45) is 0 Å². The molecule has 1 aliphatic heterocycles. The smallest absolute Gasteiger partial charge is 0.323 e. The molecule has 0 N–H and O–H groups in total. The van der Waals surface area contributed by atoms with Gasteiger partial charge in [0.25, 0.3) is 0 Å². The first-order chi connectivity index (χ1) is 7.58. The average Bonchev–Trinajstić information content (AvgIpc) is 2.23. The first-order valence-electron chi connectivity index (χ1n) is 6.05. The Hall–Kier alpha value is -0.610. The molecule has 0 aromatic heterocycles. The summed E-state index contributed by atoms with van der Waals surface area (Å²) in [6.07, 6.45) is 2.21. The minimum absolute atomic E-state index is 0.108. The number of rotatable bonds is 4. The molecule has 1 aliphatic rings. The van der Waals surface area contributed by atoms with Crippen molar-refractivity contribution in [2.45, 2.75) is 51.9 Å². The van der Waals surface area contributed by atoms with Crippen molar-refractivity contribution in [1.29, 1.82) is 0 Å². The van der Waals surface area contributed by atoms with Crippen molar-refractivity contribution in [3.8, 4) is 0 Å². The molecule has 0 unspecified atom stereocenters. The van der Waals surface area contributed by atoms with Crippen LogP contribution >= 0.6 is 0 Å². The lowest BCUT2D eigenvalue weighted by atomic mass is 10.1. The third kappa shape index (κ3) is 3.46. The number of nitrogens with zero attached hydrogens (tertiary/aromatic N) is 1. The minimum Gasteiger partial charge on any atom is -0.468 e. The van der Waals surface area contributed by atoms with Crippen LogP contribution in [0, 0.1) is 0 Å². The molecule has 4 heteroatoms. The van der Waals surface area contributed by atoms with Crippen molar-refractivity contribution >= 4 is 5.97 Å². The number of carbonyl (C=O) groups excluding carboxylic acids is 1. The summed E-state index contributed by atoms with van der Waals surface area (Å²) in [5.74, 6) is -0.122. The maximum Gasteiger partial charge on any atom is 0.323 e. The summed E-state index contributed by atoms with van der Waals surface area (Å²) in [4.78, 5) is 13.9. The summed E-state index contributed by atoms with van der Waals surface area (Å²) in [5.41, 5.74) is 0. The van der Waals surface area contributed by atoms with Crippen LogP contribution in [-0.2, 0) is 14.3 Å². The molecule has 0 aromatic rings. The highest BCUT2D eigenvalue weighted by molar-refractivity contribution is 5.75. The van der Waals surface area contributed by atoms with Gasteiger partial charge in [0.1, 0.15) is 6.04 Å². The predicted molar refractivity (Wildman–Crippen MR) is 62.3 cm³/mol. The van der Waals surface area contributed by atoms with Gasteiger partial charge < -0.3 is 9.47 Å². The van der Waals surface area contributed by atoms with E-state index in [4.69, 9.17) is 9.47 Å². The molecule has 0 aliphatic carbocycles. The van der Waals surface area contributed by atoms with Crippen molar-refractivity contribution < 1.29 is 14.3 Å². The van der Waals surface area contributed by atoms with E-state index in [-0.39, 0.29) is 24.2 Å². The van der Waals surface area contributed by atoms with Gasteiger partial charge in [-0.2, -0.15) is 0 Å². The van der Waals surface area contributed by atoms with E-state index in [1.54, 1.807) is 0 Å². The maximum absolute atomic E-state index is 11.7. The highest BCUT2D eigenvalue weighted by atomic mass is 16.5. The Kier molecular flexibility index (Phi) is 5.22. The molecule has 0 bridgehead atoms. The van der Waals surface area contributed by atoms with Crippen LogP contribution in [-0.4, -0.2) is 49.3 Å². The highest BCUT2D eigenvalue weighted by Gasteiger charge is 2.31. The first kappa shape index (κ1) is 13.5. The monoisotopic (exact) mass is 229 g/mol. The van der Waals surface area contributed by atoms with E-state index in [2.05, 4.69) is 11.8 Å². The average molecular weight is 229 g/mol. The van der Waals surface area contributed by atoms with E-state index >= 15 is 0 Å². The lowest BCUT2D eigenvalue weighted by Gasteiger charge is -2.38. The number of ether oxygens (including phenoxy) is 2. The molecule has 1 fully saturated rings. The lowest BCUT2D eigenvalue weighted by molar-refractivity contribution is -0.152. The van der Waals surface area contributed by atoms with Gasteiger partial charge in [-0.15, -0.1) is 0 Å². The molecular weight excluding hydrogens is 206 g/mol. The third-order valence-electron chi connectivity index (χ3n) is 2.92. The van der Waals surface area contributed by atoms with Crippen molar-refractivity contribution in [2.75, 3.05) is 20.2 Å². The van der Waals surface area contributed by atoms with Gasteiger partial charge in [-0.1, -0.05) is 13.3 Å². The Balaban J connectivity index is 2.65. The maximum atomic E-state index is 11.7. The molecule has 0 radical (unpaired) electrons. The quantitative estimate of drug-likeness (QED) is 0.684. The van der Waals surface area contributed by atoms with Gasteiger partial charge in [-0.25, -0.2) is 0 Å². The van der Waals surface area contributed by atoms with Crippen LogP contribution in [0.5, 0.6) is 0 Å². The fourth-order valence-electron chi connectivity index (χ4n) is 2.33. The van der Waals surface area contributed by atoms with Gasteiger partial charge in [0, 0.05) is 13.1 Å². The molecule has 3 atom stereocenters. The molecular formula is C12H23NO3. The molecule has 0 saturated carbocycles. The fourth-order valence-corrected chi connectivity index (χ4v) is 2.33. The van der Waals surface area contributed by atoms with Crippen LogP contribution in [0.4, 0.5) is 0 Å². The van der Waals surface area contributed by atoms with Gasteiger partial charge in [-0.3, -0.25) is 9.69 Å². The summed E-state index contributed by atoms with van der Waals surface area (Å²) in [5, 5.41) is 0. The molecule has 0 aromatic carbocycles. The van der Waals surface area contributed by atoms with E-state index in [1.165, 1.54) is 7.11 Å². The second-order valence-corrected chi connectivity index (χ2v) is 4.54. The third-order valence-corrected chi connectivity index (χ3v) is 2.92. The number of carbonyl (C=O) groups is 1. The second-order valence-electron chi connectivity index (χ2n) is 4.54. The second kappa shape index (κ2) is 6.21. The molecule has 1 saturated heterocycles. The molecule has 1 rings (SSSR count). The van der Waals surface area contributed by atoms with E-state index in [9.17, 15) is 4.79 Å². The number of hydrogen-bond acceptors (Lipinski definition) is 4. The SMILES string of the molecule is CCC[C@@H](C(=O)OC)N1C[C@@H](C)O[C@@H](C)C1. The van der Waals surface area contributed by atoms with E-state index in [0.29, 0.717) is 0 Å². The molecule has 94 valence electrons. The Morgan fingerprint density at radius 3 is 2.44 bits per heavy atom. The zero-order valence-corrected chi connectivity index (χ0v) is 10.7. The van der Waals surface area contributed by atoms with Gasteiger partial charge in [0.15, 0.2) is 0 Å². The van der Waals surface area contributed by atoms with Crippen LogP contribution < -0.4 is 0 Å². The fraction of sp³-hybridized carbons (Fsp3) is 0.917. The largest absolute Gasteiger partial charge is 0.468 e. The lowest BCUT2D eigenvalue weighted by Crippen LogP contribution is -2.52. The summed E-state index contributed by atoms with van der Waals surface area (Å²) in [6, 6.07) is -0.108. The summed E-state index contributed by atoms with van der Waals surface area (Å²) in [6.45, 7) is 7.79. The topological polar surface area (TPSA) is 38.8 Å². The Bertz CT molecular complexity index is 222. The van der Waals surface area contributed by atoms with Crippen LogP contribution in [0.25, 0.3) is 0 Å². The Labute approximate surface area is 97.9 Å². The van der Waals surface area contributed by atoms with Crippen molar-refractivity contribution in [1.82, 2.24) is 4.90 Å². The zero-order valence-electron chi connectivity index (χ0n) is 10.7. The Morgan fingerprint density at radius 2 is 2.00 bits per heavy atom. The predicted octanol–water partition coefficient (Wildman–Crippen LogP) is 1.44. The van der Waals surface area contributed by atoms with Crippen molar-refractivity contribution in [3.63, 3.8) is 0 Å². The van der Waals surface area contributed by atoms with Crippen LogP contribution in [0.15, 0.2) is 0 Å². The molecule has 0 spiro atoms. The van der Waals surface area contributed by atoms with Gasteiger partial charge >= 0.3 is 5.97 Å². The summed E-state index contributed by atoms with van der Waals surface area (Å²) in [7, 11) is 1.46. The number of methoxy groups -OCH3 is 1. The minimum atomic E-state index is -0.122. The molecule has 16 heavy (non-hydrogen) atoms. The van der Waals surface area contributed by atoms with Crippen molar-refractivity contribution in [3.05, 3.63) is 0 Å². The Morgan fingerprint density at radius 1 is 1.44 bits per heavy atom. The van der Waals surface area contributed by atoms with Gasteiger partial charge in [-0.05, 0) is 20.3 Å². The van der Waals surface area contributed by atoms with E-state index < -0.39 is 0 Å². The number of hydrogen-bond donors (Lipinski definition) is 0. The molecule has 1 heterocycles. The summed E-state index contributed by atoms with van der Waals surface area (Å²) >= 11 is 0.